The fourth-order valence-electron chi connectivity index (χ4n) is 4.68. The molecule has 8 nitrogen and oxygen atoms in total. The summed E-state index contributed by atoms with van der Waals surface area (Å²) < 4.78 is 15.2. The number of carbonyl (C=O) groups is 1. The first kappa shape index (κ1) is 22.8. The molecule has 2 aliphatic heterocycles. The van der Waals surface area contributed by atoms with E-state index in [2.05, 4.69) is 25.9 Å². The average Bonchev–Trinajstić information content (AvgIpc) is 3.05. The highest BCUT2D eigenvalue weighted by Crippen LogP contribution is 2.42. The summed E-state index contributed by atoms with van der Waals surface area (Å²) in [6, 6.07) is -1.15. The molecule has 0 aromatic carbocycles. The van der Waals surface area contributed by atoms with E-state index in [-0.39, 0.29) is 22.8 Å². The molecule has 1 amide bonds. The molecule has 0 saturated carbocycles. The van der Waals surface area contributed by atoms with Crippen LogP contribution in [0.5, 0.6) is 0 Å². The molecule has 2 N–H and O–H groups in total. The Labute approximate surface area is 196 Å². The quantitative estimate of drug-likeness (QED) is 0.335. The van der Waals surface area contributed by atoms with Gasteiger partial charge in [-0.15, -0.1) is 0 Å². The molecule has 2 aromatic rings. The van der Waals surface area contributed by atoms with Crippen molar-refractivity contribution in [3.63, 3.8) is 0 Å². The third-order valence-electron chi connectivity index (χ3n) is 5.95. The topological polar surface area (TPSA) is 103 Å². The number of aliphatic hydroxyl groups is 1. The van der Waals surface area contributed by atoms with Crippen LogP contribution in [-0.4, -0.2) is 72.7 Å². The number of aromatic nitrogens is 3. The standard InChI is InChI=1S/C19H22BrClFN5O3S/c1-3-10(28)14-9-6-5-8(27(9)19(29)30)7-26(14)17-11-13(23-18(25-17)31-4-2)12(22)16(21)24-15(11)20/h8-10,14,28H,3-7H2,1-2H3,(H,29,30)/t8-,9+,10+,14+/m1/s1. The lowest BCUT2D eigenvalue weighted by Crippen LogP contribution is -2.64. The number of pyridine rings is 1. The number of aliphatic hydroxyl groups excluding tert-OH is 1. The fraction of sp³-hybridized carbons (Fsp3) is 0.579. The lowest BCUT2D eigenvalue weighted by Gasteiger charge is -2.48. The van der Waals surface area contributed by atoms with Gasteiger partial charge in [0, 0.05) is 6.54 Å². The molecule has 4 atom stereocenters. The lowest BCUT2D eigenvalue weighted by atomic mass is 9.95. The molecule has 4 rings (SSSR count). The van der Waals surface area contributed by atoms with Gasteiger partial charge in [-0.2, -0.15) is 0 Å². The van der Waals surface area contributed by atoms with Gasteiger partial charge in [0.1, 0.15) is 15.9 Å². The Bertz CT molecular complexity index is 1030. The van der Waals surface area contributed by atoms with E-state index < -0.39 is 24.1 Å². The molecule has 2 saturated heterocycles. The SMILES string of the molecule is CCSc1nc(N2C[C@H]3CC[C@@H]([C@H]2[C@@H](O)CC)N3C(=O)O)c2c(Br)nc(Cl)c(F)c2n1. The van der Waals surface area contributed by atoms with Crippen molar-refractivity contribution in [2.75, 3.05) is 17.2 Å². The lowest BCUT2D eigenvalue weighted by molar-refractivity contribution is 0.0528. The molecule has 12 heteroatoms. The number of fused-ring (bicyclic) bond motifs is 3. The molecule has 0 aliphatic carbocycles. The highest BCUT2D eigenvalue weighted by atomic mass is 79.9. The third-order valence-corrected chi connectivity index (χ3v) is 7.50. The van der Waals surface area contributed by atoms with Gasteiger partial charge in [0.15, 0.2) is 16.1 Å². The first-order valence-electron chi connectivity index (χ1n) is 10.1. The molecule has 0 radical (unpaired) electrons. The van der Waals surface area contributed by atoms with E-state index in [4.69, 9.17) is 16.6 Å². The minimum absolute atomic E-state index is 0.0468. The number of thioether (sulfide) groups is 1. The van der Waals surface area contributed by atoms with Crippen LogP contribution in [0.4, 0.5) is 15.0 Å². The van der Waals surface area contributed by atoms with Gasteiger partial charge in [-0.1, -0.05) is 37.2 Å². The Kier molecular flexibility index (Phi) is 6.49. The van der Waals surface area contributed by atoms with Gasteiger partial charge in [0.25, 0.3) is 0 Å². The van der Waals surface area contributed by atoms with E-state index >= 15 is 0 Å². The molecule has 4 heterocycles. The van der Waals surface area contributed by atoms with Crippen molar-refractivity contribution in [1.82, 2.24) is 19.9 Å². The van der Waals surface area contributed by atoms with Crippen LogP contribution >= 0.6 is 39.3 Å². The summed E-state index contributed by atoms with van der Waals surface area (Å²) in [6.07, 6.45) is 0.00106. The Morgan fingerprint density at radius 1 is 1.35 bits per heavy atom. The Balaban J connectivity index is 1.94. The predicted molar refractivity (Wildman–Crippen MR) is 121 cm³/mol. The van der Waals surface area contributed by atoms with Crippen LogP contribution in [0.25, 0.3) is 10.9 Å². The Hall–Kier alpha value is -1.43. The molecule has 0 spiro atoms. The summed E-state index contributed by atoms with van der Waals surface area (Å²) >= 11 is 10.7. The number of anilines is 1. The van der Waals surface area contributed by atoms with Crippen molar-refractivity contribution in [2.24, 2.45) is 0 Å². The fourth-order valence-corrected chi connectivity index (χ4v) is 6.07. The van der Waals surface area contributed by atoms with Crippen LogP contribution < -0.4 is 4.90 Å². The molecule has 2 bridgehead atoms. The maximum Gasteiger partial charge on any atom is 0.407 e. The number of hydrogen-bond acceptors (Lipinski definition) is 7. The van der Waals surface area contributed by atoms with E-state index in [1.165, 1.54) is 16.7 Å². The van der Waals surface area contributed by atoms with Crippen molar-refractivity contribution >= 4 is 62.1 Å². The van der Waals surface area contributed by atoms with E-state index in [1.807, 2.05) is 18.7 Å². The van der Waals surface area contributed by atoms with Crippen LogP contribution in [0, 0.1) is 5.82 Å². The van der Waals surface area contributed by atoms with Crippen LogP contribution in [0.1, 0.15) is 33.1 Å². The average molecular weight is 535 g/mol. The van der Waals surface area contributed by atoms with E-state index in [0.29, 0.717) is 52.5 Å². The monoisotopic (exact) mass is 533 g/mol. The molecular formula is C19H22BrClFN5O3S. The van der Waals surface area contributed by atoms with Crippen LogP contribution in [0.2, 0.25) is 5.15 Å². The van der Waals surface area contributed by atoms with Gasteiger partial charge in [0.05, 0.1) is 29.6 Å². The first-order valence-corrected chi connectivity index (χ1v) is 12.2. The highest BCUT2D eigenvalue weighted by Gasteiger charge is 2.51. The van der Waals surface area contributed by atoms with E-state index in [9.17, 15) is 19.4 Å². The molecule has 2 aliphatic rings. The molecule has 0 unspecified atom stereocenters. The first-order chi connectivity index (χ1) is 14.8. The van der Waals surface area contributed by atoms with Crippen molar-refractivity contribution in [2.45, 2.75) is 62.5 Å². The highest BCUT2D eigenvalue weighted by molar-refractivity contribution is 9.10. The maximum absolute atomic E-state index is 14.9. The summed E-state index contributed by atoms with van der Waals surface area (Å²) in [6.45, 7) is 4.13. The van der Waals surface area contributed by atoms with E-state index in [0.717, 1.165) is 0 Å². The summed E-state index contributed by atoms with van der Waals surface area (Å²) in [5, 5.41) is 21.1. The number of nitrogens with zero attached hydrogens (tertiary/aromatic N) is 5. The van der Waals surface area contributed by atoms with Gasteiger partial charge in [-0.25, -0.2) is 24.1 Å². The number of amides is 1. The van der Waals surface area contributed by atoms with Gasteiger partial charge in [0.2, 0.25) is 0 Å². The minimum atomic E-state index is -0.990. The van der Waals surface area contributed by atoms with Gasteiger partial charge >= 0.3 is 6.09 Å². The Morgan fingerprint density at radius 3 is 2.74 bits per heavy atom. The molecule has 31 heavy (non-hydrogen) atoms. The van der Waals surface area contributed by atoms with E-state index in [1.54, 1.807) is 0 Å². The smallest absolute Gasteiger partial charge is 0.407 e. The number of halogens is 3. The summed E-state index contributed by atoms with van der Waals surface area (Å²) in [5.74, 6) is 0.377. The maximum atomic E-state index is 14.9. The minimum Gasteiger partial charge on any atom is -0.465 e. The van der Waals surface area contributed by atoms with Crippen LogP contribution in [0.3, 0.4) is 0 Å². The second-order valence-electron chi connectivity index (χ2n) is 7.60. The van der Waals surface area contributed by atoms with Crippen molar-refractivity contribution < 1.29 is 19.4 Å². The largest absolute Gasteiger partial charge is 0.465 e. The van der Waals surface area contributed by atoms with Crippen LogP contribution in [0.15, 0.2) is 9.76 Å². The van der Waals surface area contributed by atoms with Crippen LogP contribution in [-0.2, 0) is 0 Å². The molecule has 2 fully saturated rings. The number of piperazine rings is 1. The summed E-state index contributed by atoms with van der Waals surface area (Å²) in [5.41, 5.74) is 0.0468. The predicted octanol–water partition coefficient (Wildman–Crippen LogP) is 4.16. The van der Waals surface area contributed by atoms with Gasteiger partial charge in [-0.05, 0) is 40.9 Å². The van der Waals surface area contributed by atoms with Crippen molar-refractivity contribution in [1.29, 1.82) is 0 Å². The van der Waals surface area contributed by atoms with Gasteiger partial charge < -0.3 is 15.1 Å². The normalized spacial score (nSPS) is 24.1. The Morgan fingerprint density at radius 2 is 2.10 bits per heavy atom. The zero-order valence-corrected chi connectivity index (χ0v) is 20.1. The molecule has 168 valence electrons. The molecule has 2 aromatic heterocycles. The third kappa shape index (κ3) is 3.83. The number of rotatable bonds is 5. The zero-order valence-electron chi connectivity index (χ0n) is 16.9. The second-order valence-corrected chi connectivity index (χ2v) is 9.94. The number of hydrogen-bond donors (Lipinski definition) is 2. The number of carboxylic acid groups (broad SMARTS) is 1. The summed E-state index contributed by atoms with van der Waals surface area (Å²) in [7, 11) is 0. The summed E-state index contributed by atoms with van der Waals surface area (Å²) in [4.78, 5) is 28.4. The zero-order chi connectivity index (χ0) is 22.4. The second kappa shape index (κ2) is 8.84. The van der Waals surface area contributed by atoms with Crippen molar-refractivity contribution in [3.05, 3.63) is 15.6 Å². The van der Waals surface area contributed by atoms with Gasteiger partial charge in [-0.3, -0.25) is 4.90 Å². The van der Waals surface area contributed by atoms with Crippen molar-refractivity contribution in [3.8, 4) is 0 Å². The molecular weight excluding hydrogens is 513 g/mol.